The molecule has 0 aromatic rings. The quantitative estimate of drug-likeness (QED) is 0.389. The Kier molecular flexibility index (Phi) is 6.95. The second-order valence-electron chi connectivity index (χ2n) is 11.0. The summed E-state index contributed by atoms with van der Waals surface area (Å²) in [5, 5.41) is 1.53. The van der Waals surface area contributed by atoms with E-state index >= 15 is 0 Å². The predicted molar refractivity (Wildman–Crippen MR) is 115 cm³/mol. The summed E-state index contributed by atoms with van der Waals surface area (Å²) in [6.07, 6.45) is 3.71. The van der Waals surface area contributed by atoms with Gasteiger partial charge in [-0.05, 0) is 0 Å². The Morgan fingerprint density at radius 3 is 1.46 bits per heavy atom. The second-order valence-corrected chi connectivity index (χ2v) is 48.6. The third-order valence-electron chi connectivity index (χ3n) is 7.57. The van der Waals surface area contributed by atoms with Crippen molar-refractivity contribution in [2.75, 3.05) is 0 Å². The van der Waals surface area contributed by atoms with E-state index in [4.69, 9.17) is 3.76 Å². The summed E-state index contributed by atoms with van der Waals surface area (Å²) in [4.78, 5) is 0. The zero-order valence-corrected chi connectivity index (χ0v) is 23.1. The predicted octanol–water partition coefficient (Wildman–Crippen LogP) is 7.86. The molecule has 0 amide bonds. The van der Waals surface area contributed by atoms with Crippen LogP contribution < -0.4 is 0 Å². The van der Waals surface area contributed by atoms with E-state index < -0.39 is 22.9 Å². The van der Waals surface area contributed by atoms with Gasteiger partial charge >= 0.3 is 158 Å². The van der Waals surface area contributed by atoms with Crippen LogP contribution in [-0.2, 0) is 3.76 Å². The summed E-state index contributed by atoms with van der Waals surface area (Å²) < 4.78 is 10.1. The van der Waals surface area contributed by atoms with Gasteiger partial charge in [-0.1, -0.05) is 0 Å². The molecule has 1 aliphatic rings. The minimum absolute atomic E-state index is 0.180. The maximum atomic E-state index is 7.62. The van der Waals surface area contributed by atoms with Crippen molar-refractivity contribution in [2.24, 2.45) is 0 Å². The molecule has 0 unspecified atom stereocenters. The van der Waals surface area contributed by atoms with Crippen LogP contribution in [0.25, 0.3) is 0 Å². The van der Waals surface area contributed by atoms with E-state index in [2.05, 4.69) is 83.1 Å². The van der Waals surface area contributed by atoms with E-state index in [9.17, 15) is 0 Å². The van der Waals surface area contributed by atoms with Crippen molar-refractivity contribution in [3.05, 3.63) is 0 Å². The molecule has 1 heterocycles. The third-order valence-corrected chi connectivity index (χ3v) is 79.4. The molecular formula is C21H46Ge2O. The SMILES string of the molecule is CCC1(CC)C[CH2][Ge]([C](C)(C)C)([C](C)(C)C)[Ge]([CH](C)C)([CH](C)C)[O]1. The Morgan fingerprint density at radius 1 is 0.833 bits per heavy atom. The molecule has 0 atom stereocenters. The average Bonchev–Trinajstić information content (AvgIpc) is 2.43. The van der Waals surface area contributed by atoms with Gasteiger partial charge in [-0.3, -0.25) is 0 Å². The Morgan fingerprint density at radius 2 is 1.21 bits per heavy atom. The van der Waals surface area contributed by atoms with Gasteiger partial charge in [0.25, 0.3) is 0 Å². The molecule has 24 heavy (non-hydrogen) atoms. The van der Waals surface area contributed by atoms with Crippen molar-refractivity contribution in [1.82, 2.24) is 0 Å². The number of hydrogen-bond donors (Lipinski definition) is 0. The van der Waals surface area contributed by atoms with Crippen LogP contribution in [0.5, 0.6) is 0 Å². The molecule has 1 saturated heterocycles. The molecule has 0 aromatic heterocycles. The van der Waals surface area contributed by atoms with Gasteiger partial charge in [0.15, 0.2) is 0 Å². The van der Waals surface area contributed by atoms with E-state index in [1.807, 2.05) is 0 Å². The van der Waals surface area contributed by atoms with Crippen molar-refractivity contribution in [3.63, 3.8) is 0 Å². The van der Waals surface area contributed by atoms with Crippen LogP contribution in [0.2, 0.25) is 23.2 Å². The summed E-state index contributed by atoms with van der Waals surface area (Å²) in [5.74, 6) is 0. The fourth-order valence-corrected chi connectivity index (χ4v) is 89.7. The molecule has 0 aromatic carbocycles. The van der Waals surface area contributed by atoms with Gasteiger partial charge in [-0.2, -0.15) is 0 Å². The minimum atomic E-state index is -2.56. The third kappa shape index (κ3) is 3.21. The summed E-state index contributed by atoms with van der Waals surface area (Å²) in [5.41, 5.74) is 0.180. The molecule has 0 spiro atoms. The summed E-state index contributed by atoms with van der Waals surface area (Å²) in [6, 6.07) is 0. The molecule has 3 heteroatoms. The van der Waals surface area contributed by atoms with E-state index in [1.165, 1.54) is 24.5 Å². The van der Waals surface area contributed by atoms with Crippen molar-refractivity contribution in [1.29, 1.82) is 0 Å². The van der Waals surface area contributed by atoms with Gasteiger partial charge in [-0.25, -0.2) is 0 Å². The van der Waals surface area contributed by atoms with Crippen LogP contribution in [0.3, 0.4) is 0 Å². The molecule has 1 nitrogen and oxygen atoms in total. The van der Waals surface area contributed by atoms with Gasteiger partial charge in [-0.15, -0.1) is 0 Å². The van der Waals surface area contributed by atoms with Crippen LogP contribution in [-0.4, -0.2) is 28.5 Å². The Bertz CT molecular complexity index is 400. The number of hydrogen-bond acceptors (Lipinski definition) is 1. The van der Waals surface area contributed by atoms with E-state index in [1.54, 1.807) is 0 Å². The molecule has 1 aliphatic heterocycles. The molecule has 1 rings (SSSR count). The zero-order chi connectivity index (χ0) is 19.2. The van der Waals surface area contributed by atoms with Gasteiger partial charge < -0.3 is 0 Å². The molecule has 1 fully saturated rings. The fraction of sp³-hybridized carbons (Fsp3) is 1.00. The van der Waals surface area contributed by atoms with Gasteiger partial charge in [0.1, 0.15) is 0 Å². The van der Waals surface area contributed by atoms with E-state index in [0.29, 0.717) is 8.49 Å². The molecule has 0 saturated carbocycles. The van der Waals surface area contributed by atoms with Crippen molar-refractivity contribution < 1.29 is 3.76 Å². The van der Waals surface area contributed by atoms with Crippen LogP contribution in [0, 0.1) is 0 Å². The normalized spacial score (nSPS) is 23.8. The standard InChI is InChI=1S/C21H46Ge2O/c1-13-21(14-2)15-16-22(19(7,8)9,20(10,11)12)23(24-21,17(3)4)18(5)6/h17-18H,13-16H2,1-12H3. The van der Waals surface area contributed by atoms with Gasteiger partial charge in [0.05, 0.1) is 0 Å². The Hall–Kier alpha value is 1.05. The van der Waals surface area contributed by atoms with Gasteiger partial charge in [0.2, 0.25) is 0 Å². The summed E-state index contributed by atoms with van der Waals surface area (Å²) in [6.45, 7) is 30.3. The van der Waals surface area contributed by atoms with Crippen molar-refractivity contribution in [2.45, 2.75) is 131 Å². The molecule has 0 aliphatic carbocycles. The van der Waals surface area contributed by atoms with Crippen molar-refractivity contribution >= 4 is 22.9 Å². The van der Waals surface area contributed by atoms with E-state index in [0.717, 1.165) is 9.50 Å². The fourth-order valence-electron chi connectivity index (χ4n) is 6.79. The molecule has 0 radical (unpaired) electrons. The van der Waals surface area contributed by atoms with Crippen LogP contribution in [0.1, 0.15) is 102 Å². The van der Waals surface area contributed by atoms with Crippen molar-refractivity contribution in [3.8, 4) is 0 Å². The molecule has 144 valence electrons. The zero-order valence-electron chi connectivity index (χ0n) is 18.9. The van der Waals surface area contributed by atoms with Crippen LogP contribution in [0.4, 0.5) is 0 Å². The first kappa shape index (κ1) is 23.1. The molecule has 0 bridgehead atoms. The first-order chi connectivity index (χ1) is 10.7. The van der Waals surface area contributed by atoms with Gasteiger partial charge in [0, 0.05) is 0 Å². The van der Waals surface area contributed by atoms with Crippen LogP contribution >= 0.6 is 0 Å². The summed E-state index contributed by atoms with van der Waals surface area (Å²) in [7, 11) is 0. The first-order valence-electron chi connectivity index (χ1n) is 10.4. The monoisotopic (exact) mass is 462 g/mol. The molecule has 0 N–H and O–H groups in total. The topological polar surface area (TPSA) is 9.23 Å². The second kappa shape index (κ2) is 7.22. The Labute approximate surface area is 157 Å². The number of rotatable bonds is 4. The molecular weight excluding hydrogens is 413 g/mol. The summed E-state index contributed by atoms with van der Waals surface area (Å²) >= 11 is -4.90. The maximum absolute atomic E-state index is 7.62. The average molecular weight is 460 g/mol. The van der Waals surface area contributed by atoms with Crippen LogP contribution in [0.15, 0.2) is 0 Å². The van der Waals surface area contributed by atoms with E-state index in [-0.39, 0.29) is 5.60 Å². The first-order valence-corrected chi connectivity index (χ1v) is 23.7. The Balaban J connectivity index is 3.81.